The number of ether oxygens (including phenoxy) is 1. The van der Waals surface area contributed by atoms with Crippen molar-refractivity contribution in [2.24, 2.45) is 17.6 Å². The molecular formula is C27H44ClN3O6. The first-order valence-corrected chi connectivity index (χ1v) is 12.8. The lowest BCUT2D eigenvalue weighted by Gasteiger charge is -2.27. The molecule has 6 atom stereocenters. The Morgan fingerprint density at radius 2 is 1.62 bits per heavy atom. The molecule has 0 aromatic heterocycles. The number of nitrogens with one attached hydrogen (secondary N) is 2. The fraction of sp³-hybridized carbons (Fsp3) is 0.630. The molecule has 0 saturated carbocycles. The number of carbonyl (C=O) groups is 4. The van der Waals surface area contributed by atoms with Gasteiger partial charge in [-0.2, -0.15) is 0 Å². The van der Waals surface area contributed by atoms with E-state index in [0.717, 1.165) is 31.2 Å². The van der Waals surface area contributed by atoms with E-state index < -0.39 is 48.0 Å². The summed E-state index contributed by atoms with van der Waals surface area (Å²) >= 11 is 0. The number of halogens is 1. The van der Waals surface area contributed by atoms with Crippen molar-refractivity contribution in [1.82, 2.24) is 10.6 Å². The molecule has 10 heteroatoms. The lowest BCUT2D eigenvalue weighted by atomic mass is 9.94. The molecule has 5 N–H and O–H groups in total. The molecule has 0 aliphatic heterocycles. The summed E-state index contributed by atoms with van der Waals surface area (Å²) in [5.41, 5.74) is 6.86. The van der Waals surface area contributed by atoms with Gasteiger partial charge in [-0.05, 0) is 30.7 Å². The van der Waals surface area contributed by atoms with Crippen molar-refractivity contribution in [3.63, 3.8) is 0 Å². The smallest absolute Gasteiger partial charge is 0.325 e. The number of unbranched alkanes of at least 4 members (excludes halogenated alkanes) is 1. The van der Waals surface area contributed by atoms with Crippen LogP contribution in [0.1, 0.15) is 72.3 Å². The first-order valence-electron chi connectivity index (χ1n) is 12.8. The van der Waals surface area contributed by atoms with Crippen LogP contribution in [0.25, 0.3) is 0 Å². The highest BCUT2D eigenvalue weighted by Crippen LogP contribution is 2.20. The number of hydrogen-bond donors (Lipinski definition) is 4. The standard InChI is InChI=1S/C27H43N3O6.ClH/c1-6-8-12-18(4)22(36-27(35)24(28)17(3)7-2)16-23(31)30-21(15-20-13-10-9-11-14-20)25(32)29-19(5)26(33)34;/h9-11,13-14,17-19,21-22,24H,6-8,12,15-16,28H2,1-5H3,(H,29,32)(H,30,31)(H,33,34);1H/t17-,18-,19-,21-,22-,24+;/m0./s1. The van der Waals surface area contributed by atoms with E-state index in [-0.39, 0.29) is 37.1 Å². The monoisotopic (exact) mass is 541 g/mol. The highest BCUT2D eigenvalue weighted by atomic mass is 35.5. The van der Waals surface area contributed by atoms with Crippen LogP contribution in [0.15, 0.2) is 30.3 Å². The molecular weight excluding hydrogens is 498 g/mol. The van der Waals surface area contributed by atoms with Gasteiger partial charge in [0, 0.05) is 6.42 Å². The van der Waals surface area contributed by atoms with Crippen molar-refractivity contribution in [2.75, 3.05) is 0 Å². The van der Waals surface area contributed by atoms with E-state index in [2.05, 4.69) is 17.6 Å². The molecule has 1 aromatic carbocycles. The minimum atomic E-state index is -1.18. The van der Waals surface area contributed by atoms with Gasteiger partial charge < -0.3 is 26.2 Å². The number of carboxylic acids is 1. The van der Waals surface area contributed by atoms with E-state index >= 15 is 0 Å². The molecule has 1 rings (SSSR count). The van der Waals surface area contributed by atoms with Gasteiger partial charge in [0.15, 0.2) is 0 Å². The van der Waals surface area contributed by atoms with Crippen LogP contribution in [0.5, 0.6) is 0 Å². The van der Waals surface area contributed by atoms with Crippen LogP contribution in [-0.4, -0.2) is 53.1 Å². The molecule has 0 radical (unpaired) electrons. The van der Waals surface area contributed by atoms with Crippen molar-refractivity contribution in [3.8, 4) is 0 Å². The van der Waals surface area contributed by atoms with E-state index in [1.54, 1.807) is 0 Å². The minimum absolute atomic E-state index is 0. The van der Waals surface area contributed by atoms with Crippen molar-refractivity contribution in [1.29, 1.82) is 0 Å². The van der Waals surface area contributed by atoms with Gasteiger partial charge in [0.25, 0.3) is 0 Å². The van der Waals surface area contributed by atoms with E-state index in [0.29, 0.717) is 0 Å². The molecule has 2 amide bonds. The van der Waals surface area contributed by atoms with Crippen LogP contribution in [0.3, 0.4) is 0 Å². The third-order valence-corrected chi connectivity index (χ3v) is 6.49. The molecule has 0 saturated heterocycles. The Labute approximate surface area is 226 Å². The molecule has 0 aliphatic rings. The maximum atomic E-state index is 13.1. The number of benzene rings is 1. The summed E-state index contributed by atoms with van der Waals surface area (Å²) < 4.78 is 5.72. The highest BCUT2D eigenvalue weighted by Gasteiger charge is 2.31. The Morgan fingerprint density at radius 1 is 1.00 bits per heavy atom. The fourth-order valence-electron chi connectivity index (χ4n) is 3.66. The van der Waals surface area contributed by atoms with Crippen LogP contribution in [-0.2, 0) is 30.3 Å². The summed E-state index contributed by atoms with van der Waals surface area (Å²) in [6, 6.07) is 6.22. The maximum absolute atomic E-state index is 13.1. The molecule has 210 valence electrons. The van der Waals surface area contributed by atoms with Crippen LogP contribution in [0.4, 0.5) is 0 Å². The Kier molecular flexibility index (Phi) is 16.5. The zero-order valence-electron chi connectivity index (χ0n) is 22.6. The number of amides is 2. The van der Waals surface area contributed by atoms with Gasteiger partial charge in [-0.25, -0.2) is 0 Å². The van der Waals surface area contributed by atoms with Crippen molar-refractivity contribution in [2.45, 2.75) is 97.4 Å². The molecule has 37 heavy (non-hydrogen) atoms. The largest absolute Gasteiger partial charge is 0.480 e. The zero-order valence-corrected chi connectivity index (χ0v) is 23.4. The van der Waals surface area contributed by atoms with Gasteiger partial charge >= 0.3 is 11.9 Å². The molecule has 9 nitrogen and oxygen atoms in total. The zero-order chi connectivity index (χ0) is 27.3. The first kappa shape index (κ1) is 34.4. The van der Waals surface area contributed by atoms with Gasteiger partial charge in [0.1, 0.15) is 24.2 Å². The van der Waals surface area contributed by atoms with Crippen molar-refractivity contribution >= 4 is 36.2 Å². The Morgan fingerprint density at radius 3 is 2.16 bits per heavy atom. The van der Waals surface area contributed by atoms with Gasteiger partial charge in [0.05, 0.1) is 6.42 Å². The van der Waals surface area contributed by atoms with Crippen LogP contribution < -0.4 is 16.4 Å². The molecule has 0 heterocycles. The second-order valence-corrected chi connectivity index (χ2v) is 9.59. The number of aliphatic carboxylic acids is 1. The summed E-state index contributed by atoms with van der Waals surface area (Å²) in [6.07, 6.45) is 2.72. The summed E-state index contributed by atoms with van der Waals surface area (Å²) in [4.78, 5) is 49.8. The third kappa shape index (κ3) is 12.4. The summed E-state index contributed by atoms with van der Waals surface area (Å²) in [7, 11) is 0. The second-order valence-electron chi connectivity index (χ2n) is 9.59. The fourth-order valence-corrected chi connectivity index (χ4v) is 3.66. The number of carbonyl (C=O) groups excluding carboxylic acids is 3. The average Bonchev–Trinajstić information content (AvgIpc) is 2.85. The third-order valence-electron chi connectivity index (χ3n) is 6.49. The van der Waals surface area contributed by atoms with Crippen LogP contribution in [0, 0.1) is 11.8 Å². The maximum Gasteiger partial charge on any atom is 0.325 e. The van der Waals surface area contributed by atoms with Gasteiger partial charge in [0.2, 0.25) is 11.8 Å². The lowest BCUT2D eigenvalue weighted by Crippen LogP contribution is -2.52. The summed E-state index contributed by atoms with van der Waals surface area (Å²) in [5, 5.41) is 14.3. The Bertz CT molecular complexity index is 854. The summed E-state index contributed by atoms with van der Waals surface area (Å²) in [6.45, 7) is 9.16. The van der Waals surface area contributed by atoms with Crippen LogP contribution >= 0.6 is 12.4 Å². The first-order chi connectivity index (χ1) is 17.0. The number of rotatable bonds is 16. The molecule has 1 aromatic rings. The molecule has 0 spiro atoms. The molecule has 0 aliphatic carbocycles. The quantitative estimate of drug-likeness (QED) is 0.235. The lowest BCUT2D eigenvalue weighted by molar-refractivity contribution is -0.156. The van der Waals surface area contributed by atoms with Gasteiger partial charge in [-0.1, -0.05) is 77.3 Å². The van der Waals surface area contributed by atoms with E-state index in [4.69, 9.17) is 15.6 Å². The number of carboxylic acid groups (broad SMARTS) is 1. The predicted molar refractivity (Wildman–Crippen MR) is 145 cm³/mol. The Hall–Kier alpha value is -2.65. The molecule has 0 unspecified atom stereocenters. The highest BCUT2D eigenvalue weighted by molar-refractivity contribution is 5.90. The topological polar surface area (TPSA) is 148 Å². The van der Waals surface area contributed by atoms with Crippen LogP contribution in [0.2, 0.25) is 0 Å². The summed E-state index contributed by atoms with van der Waals surface area (Å²) in [5.74, 6) is -2.94. The van der Waals surface area contributed by atoms with Gasteiger partial charge in [-0.15, -0.1) is 12.4 Å². The van der Waals surface area contributed by atoms with Gasteiger partial charge in [-0.3, -0.25) is 19.2 Å². The van der Waals surface area contributed by atoms with E-state index in [9.17, 15) is 19.2 Å². The normalized spacial score (nSPS) is 15.6. The second kappa shape index (κ2) is 17.7. The molecule has 0 bridgehead atoms. The van der Waals surface area contributed by atoms with Crippen molar-refractivity contribution in [3.05, 3.63) is 35.9 Å². The van der Waals surface area contributed by atoms with E-state index in [1.165, 1.54) is 6.92 Å². The number of nitrogens with two attached hydrogens (primary N) is 1. The molecule has 0 fully saturated rings. The van der Waals surface area contributed by atoms with Crippen molar-refractivity contribution < 1.29 is 29.0 Å². The minimum Gasteiger partial charge on any atom is -0.480 e. The van der Waals surface area contributed by atoms with E-state index in [1.807, 2.05) is 51.1 Å². The predicted octanol–water partition coefficient (Wildman–Crippen LogP) is 3.23. The number of esters is 1. The Balaban J connectivity index is 0.0000130. The SMILES string of the molecule is CCCC[C@H](C)[C@H](CC(=O)N[C@@H](Cc1ccccc1)C(=O)N[C@@H](C)C(=O)O)OC(=O)[C@H](N)[C@@H](C)CC.Cl. The average molecular weight is 542 g/mol. The number of hydrogen-bond acceptors (Lipinski definition) is 6.